The van der Waals surface area contributed by atoms with Crippen molar-refractivity contribution in [1.29, 1.82) is 0 Å². The van der Waals surface area contributed by atoms with Crippen molar-refractivity contribution in [3.05, 3.63) is 33.1 Å². The van der Waals surface area contributed by atoms with Gasteiger partial charge in [0.2, 0.25) is 5.91 Å². The van der Waals surface area contributed by atoms with Crippen LogP contribution >= 0.6 is 0 Å². The average Bonchev–Trinajstić information content (AvgIpc) is 2.47. The van der Waals surface area contributed by atoms with Gasteiger partial charge in [-0.3, -0.25) is 18.7 Å². The Bertz CT molecular complexity index is 675. The summed E-state index contributed by atoms with van der Waals surface area (Å²) in [6.45, 7) is 0.104. The zero-order valence-electron chi connectivity index (χ0n) is 11.7. The molecule has 1 N–H and O–H groups in total. The molecule has 1 aromatic heterocycles. The van der Waals surface area contributed by atoms with E-state index in [0.29, 0.717) is 13.0 Å². The van der Waals surface area contributed by atoms with Crippen LogP contribution in [0, 0.1) is 0 Å². The Kier molecular flexibility index (Phi) is 4.25. The van der Waals surface area contributed by atoms with Crippen LogP contribution in [-0.2, 0) is 23.2 Å². The van der Waals surface area contributed by atoms with Gasteiger partial charge in [0, 0.05) is 25.9 Å². The molecule has 0 radical (unpaired) electrons. The van der Waals surface area contributed by atoms with Gasteiger partial charge in [-0.2, -0.15) is 0 Å². The van der Waals surface area contributed by atoms with Gasteiger partial charge in [0.1, 0.15) is 12.6 Å². The van der Waals surface area contributed by atoms with Crippen molar-refractivity contribution in [3.63, 3.8) is 0 Å². The predicted molar refractivity (Wildman–Crippen MR) is 72.9 cm³/mol. The van der Waals surface area contributed by atoms with Crippen LogP contribution in [-0.4, -0.2) is 43.6 Å². The van der Waals surface area contributed by atoms with Crippen LogP contribution in [0.5, 0.6) is 0 Å². The molecule has 0 bridgehead atoms. The van der Waals surface area contributed by atoms with E-state index in [-0.39, 0.29) is 6.54 Å². The number of hydrogen-bond acceptors (Lipinski definition) is 4. The van der Waals surface area contributed by atoms with E-state index in [2.05, 4.69) is 0 Å². The summed E-state index contributed by atoms with van der Waals surface area (Å²) >= 11 is 0. The molecule has 1 aliphatic rings. The van der Waals surface area contributed by atoms with Gasteiger partial charge in [-0.05, 0) is 19.3 Å². The smallest absolute Gasteiger partial charge is 0.331 e. The Hall–Kier alpha value is -2.38. The summed E-state index contributed by atoms with van der Waals surface area (Å²) in [5, 5.41) is 9.15. The minimum atomic E-state index is -1.03. The molecule has 114 valence electrons. The maximum atomic E-state index is 12.2. The van der Waals surface area contributed by atoms with Crippen LogP contribution in [0.1, 0.15) is 19.3 Å². The fraction of sp³-hybridized carbons (Fsp3) is 0.538. The second-order valence-corrected chi connectivity index (χ2v) is 5.06. The summed E-state index contributed by atoms with van der Waals surface area (Å²) in [5.74, 6) is -1.46. The van der Waals surface area contributed by atoms with E-state index >= 15 is 0 Å². The molecule has 1 fully saturated rings. The van der Waals surface area contributed by atoms with Gasteiger partial charge in [-0.15, -0.1) is 0 Å². The number of aliphatic carboxylic acids is 1. The lowest BCUT2D eigenvalue weighted by molar-refractivity contribution is -0.152. The van der Waals surface area contributed by atoms with E-state index in [9.17, 15) is 19.2 Å². The Labute approximate surface area is 120 Å². The second-order valence-electron chi connectivity index (χ2n) is 5.06. The third kappa shape index (κ3) is 3.04. The largest absolute Gasteiger partial charge is 0.480 e. The molecule has 1 atom stereocenters. The van der Waals surface area contributed by atoms with Crippen LogP contribution < -0.4 is 11.2 Å². The fourth-order valence-corrected chi connectivity index (χ4v) is 2.46. The summed E-state index contributed by atoms with van der Waals surface area (Å²) in [6.07, 6.45) is 3.18. The highest BCUT2D eigenvalue weighted by atomic mass is 16.4. The van der Waals surface area contributed by atoms with E-state index in [0.717, 1.165) is 22.0 Å². The maximum absolute atomic E-state index is 12.2. The first-order valence-electron chi connectivity index (χ1n) is 6.70. The number of carboxylic acid groups (broad SMARTS) is 1. The van der Waals surface area contributed by atoms with E-state index in [1.807, 2.05) is 0 Å². The van der Waals surface area contributed by atoms with Crippen LogP contribution in [0.25, 0.3) is 0 Å². The Balaban J connectivity index is 2.21. The molecule has 0 aliphatic carbocycles. The Morgan fingerprint density at radius 3 is 2.71 bits per heavy atom. The molecule has 1 saturated heterocycles. The van der Waals surface area contributed by atoms with E-state index in [1.165, 1.54) is 24.2 Å². The standard InChI is InChI=1S/C13H17N3O5/c1-14-10(17)5-7-15(13(14)21)8-11(18)16-6-3-2-4-9(16)12(19)20/h5,7,9H,2-4,6,8H2,1H3,(H,19,20)/t9-/m1/s1. The van der Waals surface area contributed by atoms with Gasteiger partial charge in [0.15, 0.2) is 0 Å². The quantitative estimate of drug-likeness (QED) is 0.771. The number of carbonyl (C=O) groups is 2. The van der Waals surface area contributed by atoms with Gasteiger partial charge in [0.25, 0.3) is 5.56 Å². The monoisotopic (exact) mass is 295 g/mol. The van der Waals surface area contributed by atoms with E-state index < -0.39 is 29.2 Å². The number of carboxylic acids is 1. The third-order valence-corrected chi connectivity index (χ3v) is 3.67. The van der Waals surface area contributed by atoms with Gasteiger partial charge >= 0.3 is 11.7 Å². The first kappa shape index (κ1) is 15.0. The first-order chi connectivity index (χ1) is 9.91. The number of piperidine rings is 1. The van der Waals surface area contributed by atoms with Crippen LogP contribution in [0.4, 0.5) is 0 Å². The number of likely N-dealkylation sites (tertiary alicyclic amines) is 1. The fourth-order valence-electron chi connectivity index (χ4n) is 2.46. The van der Waals surface area contributed by atoms with Crippen molar-refractivity contribution in [3.8, 4) is 0 Å². The van der Waals surface area contributed by atoms with E-state index in [4.69, 9.17) is 5.11 Å². The topological polar surface area (TPSA) is 102 Å². The number of aromatic nitrogens is 2. The lowest BCUT2D eigenvalue weighted by atomic mass is 10.0. The highest BCUT2D eigenvalue weighted by Crippen LogP contribution is 2.17. The molecule has 1 amide bonds. The number of hydrogen-bond donors (Lipinski definition) is 1. The summed E-state index contributed by atoms with van der Waals surface area (Å²) in [7, 11) is 1.33. The SMILES string of the molecule is Cn1c(=O)ccn(CC(=O)N2CCCC[C@@H]2C(=O)O)c1=O. The summed E-state index contributed by atoms with van der Waals surface area (Å²) in [6, 6.07) is 0.356. The molecule has 0 unspecified atom stereocenters. The maximum Gasteiger partial charge on any atom is 0.331 e. The summed E-state index contributed by atoms with van der Waals surface area (Å²) < 4.78 is 2.01. The van der Waals surface area contributed by atoms with Crippen molar-refractivity contribution in [1.82, 2.24) is 14.0 Å². The normalized spacial score (nSPS) is 18.5. The molecule has 2 rings (SSSR count). The Morgan fingerprint density at radius 2 is 2.05 bits per heavy atom. The third-order valence-electron chi connectivity index (χ3n) is 3.67. The molecule has 2 heterocycles. The molecule has 1 aromatic rings. The average molecular weight is 295 g/mol. The number of nitrogens with zero attached hydrogens (tertiary/aromatic N) is 3. The highest BCUT2D eigenvalue weighted by Gasteiger charge is 2.31. The van der Waals surface area contributed by atoms with Crippen LogP contribution in [0.3, 0.4) is 0 Å². The van der Waals surface area contributed by atoms with Crippen molar-refractivity contribution < 1.29 is 14.7 Å². The minimum Gasteiger partial charge on any atom is -0.480 e. The van der Waals surface area contributed by atoms with Crippen molar-refractivity contribution in [2.75, 3.05) is 6.54 Å². The molecule has 8 nitrogen and oxygen atoms in total. The zero-order valence-corrected chi connectivity index (χ0v) is 11.7. The molecule has 8 heteroatoms. The Morgan fingerprint density at radius 1 is 1.33 bits per heavy atom. The van der Waals surface area contributed by atoms with Gasteiger partial charge in [0.05, 0.1) is 0 Å². The van der Waals surface area contributed by atoms with E-state index in [1.54, 1.807) is 0 Å². The summed E-state index contributed by atoms with van der Waals surface area (Å²) in [5.41, 5.74) is -1.05. The molecular weight excluding hydrogens is 278 g/mol. The van der Waals surface area contributed by atoms with Crippen LogP contribution in [0.15, 0.2) is 21.9 Å². The van der Waals surface area contributed by atoms with Gasteiger partial charge in [-0.25, -0.2) is 9.59 Å². The summed E-state index contributed by atoms with van der Waals surface area (Å²) in [4.78, 5) is 47.9. The number of amides is 1. The van der Waals surface area contributed by atoms with Crippen LogP contribution in [0.2, 0.25) is 0 Å². The molecule has 1 aliphatic heterocycles. The molecule has 0 spiro atoms. The van der Waals surface area contributed by atoms with Gasteiger partial charge < -0.3 is 10.0 Å². The lowest BCUT2D eigenvalue weighted by Crippen LogP contribution is -2.50. The lowest BCUT2D eigenvalue weighted by Gasteiger charge is -2.33. The number of rotatable bonds is 3. The molecule has 21 heavy (non-hydrogen) atoms. The second kappa shape index (κ2) is 5.94. The highest BCUT2D eigenvalue weighted by molar-refractivity contribution is 5.83. The number of carbonyl (C=O) groups excluding carboxylic acids is 1. The minimum absolute atomic E-state index is 0.267. The zero-order chi connectivity index (χ0) is 15.6. The van der Waals surface area contributed by atoms with Crippen molar-refractivity contribution >= 4 is 11.9 Å². The molecular formula is C13H17N3O5. The van der Waals surface area contributed by atoms with Crippen molar-refractivity contribution in [2.45, 2.75) is 31.8 Å². The van der Waals surface area contributed by atoms with Crippen molar-refractivity contribution in [2.24, 2.45) is 7.05 Å². The first-order valence-corrected chi connectivity index (χ1v) is 6.70. The molecule has 0 saturated carbocycles. The van der Waals surface area contributed by atoms with Gasteiger partial charge in [-0.1, -0.05) is 0 Å². The molecule has 0 aromatic carbocycles. The predicted octanol–water partition coefficient (Wildman–Crippen LogP) is -0.987.